The van der Waals surface area contributed by atoms with Gasteiger partial charge in [-0.15, -0.1) is 0 Å². The van der Waals surface area contributed by atoms with E-state index >= 15 is 0 Å². The van der Waals surface area contributed by atoms with Crippen LogP contribution in [0.15, 0.2) is 77.2 Å². The lowest BCUT2D eigenvalue weighted by molar-refractivity contribution is 0.0920. The Labute approximate surface area is 215 Å². The number of benzene rings is 3. The van der Waals surface area contributed by atoms with Crippen molar-refractivity contribution in [3.8, 4) is 5.75 Å². The highest BCUT2D eigenvalue weighted by Gasteiger charge is 2.17. The maximum absolute atomic E-state index is 12.7. The van der Waals surface area contributed by atoms with Crippen molar-refractivity contribution in [1.82, 2.24) is 10.2 Å². The fourth-order valence-corrected chi connectivity index (χ4v) is 4.47. The number of carbonyl (C=O) groups is 2. The van der Waals surface area contributed by atoms with E-state index < -0.39 is 0 Å². The summed E-state index contributed by atoms with van der Waals surface area (Å²) in [5, 5.41) is 6.56. The average Bonchev–Trinajstić information content (AvgIpc) is 3.59. The van der Waals surface area contributed by atoms with Crippen molar-refractivity contribution >= 4 is 34.2 Å². The third kappa shape index (κ3) is 5.92. The van der Waals surface area contributed by atoms with Gasteiger partial charge in [-0.3, -0.25) is 14.5 Å². The molecule has 1 saturated heterocycles. The number of likely N-dealkylation sites (tertiary alicyclic amines) is 1. The van der Waals surface area contributed by atoms with Crippen molar-refractivity contribution in [2.75, 3.05) is 37.3 Å². The first-order chi connectivity index (χ1) is 18.1. The minimum Gasteiger partial charge on any atom is -0.492 e. The number of ether oxygens (including phenoxy) is 1. The molecular weight excluding hydrogens is 468 g/mol. The molecule has 0 spiro atoms. The van der Waals surface area contributed by atoms with E-state index in [1.165, 1.54) is 12.8 Å². The van der Waals surface area contributed by atoms with Crippen LogP contribution in [0.2, 0.25) is 0 Å². The summed E-state index contributed by atoms with van der Waals surface area (Å²) < 4.78 is 11.7. The molecule has 8 heteroatoms. The molecule has 5 rings (SSSR count). The molecule has 0 bridgehead atoms. The summed E-state index contributed by atoms with van der Waals surface area (Å²) in [5.41, 5.74) is 9.31. The van der Waals surface area contributed by atoms with Gasteiger partial charge < -0.3 is 25.5 Å². The third-order valence-corrected chi connectivity index (χ3v) is 6.42. The highest BCUT2D eigenvalue weighted by Crippen LogP contribution is 2.25. The molecule has 3 aromatic carbocycles. The van der Waals surface area contributed by atoms with E-state index in [4.69, 9.17) is 14.9 Å². The summed E-state index contributed by atoms with van der Waals surface area (Å²) in [6, 6.07) is 21.7. The molecule has 0 unspecified atom stereocenters. The summed E-state index contributed by atoms with van der Waals surface area (Å²) in [7, 11) is 0. The number of furan rings is 1. The molecule has 4 aromatic rings. The van der Waals surface area contributed by atoms with Gasteiger partial charge in [-0.2, -0.15) is 0 Å². The van der Waals surface area contributed by atoms with E-state index in [9.17, 15) is 9.59 Å². The number of carbonyl (C=O) groups excluding carboxylic acids is 2. The fourth-order valence-electron chi connectivity index (χ4n) is 4.47. The molecule has 1 aliphatic heterocycles. The highest BCUT2D eigenvalue weighted by atomic mass is 16.5. The zero-order chi connectivity index (χ0) is 25.6. The second-order valence-corrected chi connectivity index (χ2v) is 9.10. The number of nitrogen functional groups attached to an aromatic ring is 1. The third-order valence-electron chi connectivity index (χ3n) is 6.42. The Morgan fingerprint density at radius 3 is 2.51 bits per heavy atom. The molecule has 1 aliphatic rings. The van der Waals surface area contributed by atoms with Crippen LogP contribution in [0.3, 0.4) is 0 Å². The maximum atomic E-state index is 12.7. The molecule has 0 radical (unpaired) electrons. The van der Waals surface area contributed by atoms with Crippen molar-refractivity contribution in [2.24, 2.45) is 0 Å². The fraction of sp³-hybridized carbons (Fsp3) is 0.241. The first kappa shape index (κ1) is 24.4. The number of hydrogen-bond donors (Lipinski definition) is 3. The molecule has 2 amide bonds. The van der Waals surface area contributed by atoms with E-state index in [0.29, 0.717) is 35.0 Å². The zero-order valence-electron chi connectivity index (χ0n) is 20.5. The lowest BCUT2D eigenvalue weighted by Crippen LogP contribution is -2.27. The van der Waals surface area contributed by atoms with E-state index in [-0.39, 0.29) is 18.4 Å². The number of nitrogens with zero attached hydrogens (tertiary/aromatic N) is 1. The van der Waals surface area contributed by atoms with Gasteiger partial charge in [0.2, 0.25) is 0 Å². The summed E-state index contributed by atoms with van der Waals surface area (Å²) in [6.45, 7) is 3.62. The molecule has 0 atom stereocenters. The van der Waals surface area contributed by atoms with Crippen molar-refractivity contribution < 1.29 is 18.7 Å². The summed E-state index contributed by atoms with van der Waals surface area (Å²) in [6.07, 6.45) is 2.46. The van der Waals surface area contributed by atoms with E-state index in [1.807, 2.05) is 24.3 Å². The minimum atomic E-state index is -0.279. The number of anilines is 2. The van der Waals surface area contributed by atoms with Crippen molar-refractivity contribution in [1.29, 1.82) is 0 Å². The number of nitrogens with one attached hydrogen (secondary N) is 2. The molecule has 0 saturated carbocycles. The number of hydrogen-bond acceptors (Lipinski definition) is 6. The molecule has 37 heavy (non-hydrogen) atoms. The van der Waals surface area contributed by atoms with Gasteiger partial charge >= 0.3 is 0 Å². The topological polar surface area (TPSA) is 110 Å². The second-order valence-electron chi connectivity index (χ2n) is 9.10. The predicted molar refractivity (Wildman–Crippen MR) is 144 cm³/mol. The minimum absolute atomic E-state index is 0.258. The van der Waals surface area contributed by atoms with Gasteiger partial charge in [0, 0.05) is 23.1 Å². The molecule has 190 valence electrons. The van der Waals surface area contributed by atoms with Gasteiger partial charge in [0.1, 0.15) is 17.9 Å². The molecule has 2 heterocycles. The number of para-hydroxylation sites is 3. The molecule has 1 aromatic heterocycles. The number of amides is 2. The van der Waals surface area contributed by atoms with Gasteiger partial charge in [-0.05, 0) is 68.4 Å². The van der Waals surface area contributed by atoms with E-state index in [0.717, 1.165) is 36.2 Å². The Hall–Kier alpha value is -4.30. The SMILES string of the molecule is Nc1ccccc1NC(=O)c1ccc(OCCNC(=O)c2cc3cccc(CN4CCCC4)c3o2)cc1. The van der Waals surface area contributed by atoms with Crippen molar-refractivity contribution in [3.63, 3.8) is 0 Å². The van der Waals surface area contributed by atoms with E-state index in [2.05, 4.69) is 21.6 Å². The molecule has 8 nitrogen and oxygen atoms in total. The van der Waals surface area contributed by atoms with Crippen LogP contribution in [-0.4, -0.2) is 43.0 Å². The largest absolute Gasteiger partial charge is 0.492 e. The van der Waals surface area contributed by atoms with Gasteiger partial charge in [0.25, 0.3) is 11.8 Å². The van der Waals surface area contributed by atoms with Crippen molar-refractivity contribution in [2.45, 2.75) is 19.4 Å². The van der Waals surface area contributed by atoms with Crippen molar-refractivity contribution in [3.05, 3.63) is 89.7 Å². The van der Waals surface area contributed by atoms with Crippen LogP contribution in [-0.2, 0) is 6.54 Å². The summed E-state index contributed by atoms with van der Waals surface area (Å²) >= 11 is 0. The predicted octanol–water partition coefficient (Wildman–Crippen LogP) is 4.67. The lowest BCUT2D eigenvalue weighted by atomic mass is 10.1. The summed E-state index contributed by atoms with van der Waals surface area (Å²) in [4.78, 5) is 27.5. The number of nitrogens with two attached hydrogens (primary N) is 1. The Kier molecular flexibility index (Phi) is 7.37. The molecule has 4 N–H and O–H groups in total. The normalized spacial score (nSPS) is 13.5. The van der Waals surface area contributed by atoms with Crippen LogP contribution in [0.5, 0.6) is 5.75 Å². The van der Waals surface area contributed by atoms with E-state index in [1.54, 1.807) is 42.5 Å². The maximum Gasteiger partial charge on any atom is 0.287 e. The number of rotatable bonds is 9. The Balaban J connectivity index is 1.11. The second kappa shape index (κ2) is 11.2. The van der Waals surface area contributed by atoms with Crippen LogP contribution in [0.25, 0.3) is 11.0 Å². The van der Waals surface area contributed by atoms with Crippen LogP contribution < -0.4 is 21.1 Å². The quantitative estimate of drug-likeness (QED) is 0.229. The van der Waals surface area contributed by atoms with Gasteiger partial charge in [-0.25, -0.2) is 0 Å². The zero-order valence-corrected chi connectivity index (χ0v) is 20.5. The summed E-state index contributed by atoms with van der Waals surface area (Å²) in [5.74, 6) is 0.351. The molecular formula is C29H30N4O4. The van der Waals surface area contributed by atoms with Crippen LogP contribution in [0, 0.1) is 0 Å². The first-order valence-electron chi connectivity index (χ1n) is 12.5. The van der Waals surface area contributed by atoms with Gasteiger partial charge in [0.05, 0.1) is 17.9 Å². The smallest absolute Gasteiger partial charge is 0.287 e. The van der Waals surface area contributed by atoms with Crippen LogP contribution in [0.4, 0.5) is 11.4 Å². The monoisotopic (exact) mass is 498 g/mol. The highest BCUT2D eigenvalue weighted by molar-refractivity contribution is 6.05. The Morgan fingerprint density at radius 2 is 1.73 bits per heavy atom. The number of fused-ring (bicyclic) bond motifs is 1. The standard InChI is InChI=1S/C29H30N4O4/c30-24-8-1-2-9-25(24)32-28(34)20-10-12-23(13-11-20)36-17-14-31-29(35)26-18-21-6-5-7-22(27(21)37-26)19-33-15-3-4-16-33/h1-2,5-13,18H,3-4,14-17,19,30H2,(H,31,35)(H,32,34). The van der Waals surface area contributed by atoms with Crippen LogP contribution in [0.1, 0.15) is 39.3 Å². The first-order valence-corrected chi connectivity index (χ1v) is 12.5. The molecule has 1 fully saturated rings. The Morgan fingerprint density at radius 1 is 0.946 bits per heavy atom. The average molecular weight is 499 g/mol. The lowest BCUT2D eigenvalue weighted by Gasteiger charge is -2.14. The van der Waals surface area contributed by atoms with Crippen LogP contribution >= 0.6 is 0 Å². The van der Waals surface area contributed by atoms with Gasteiger partial charge in [-0.1, -0.05) is 30.3 Å². The van der Waals surface area contributed by atoms with Gasteiger partial charge in [0.15, 0.2) is 5.76 Å². The Bertz CT molecular complexity index is 1390. The molecule has 0 aliphatic carbocycles.